The molecule has 2 aliphatic rings. The Labute approximate surface area is 147 Å². The van der Waals surface area contributed by atoms with Crippen molar-refractivity contribution in [2.24, 2.45) is 5.92 Å². The van der Waals surface area contributed by atoms with E-state index >= 15 is 0 Å². The third kappa shape index (κ3) is 5.01. The molecule has 1 saturated carbocycles. The van der Waals surface area contributed by atoms with Gasteiger partial charge in [0.25, 0.3) is 0 Å². The predicted molar refractivity (Wildman–Crippen MR) is 93.5 cm³/mol. The molecule has 2 amide bonds. The predicted octanol–water partition coefficient (Wildman–Crippen LogP) is 1.53. The van der Waals surface area contributed by atoms with Gasteiger partial charge < -0.3 is 10.6 Å². The Kier molecular flexibility index (Phi) is 5.84. The van der Waals surface area contributed by atoms with Crippen LogP contribution in [0.15, 0.2) is 11.6 Å². The van der Waals surface area contributed by atoms with Gasteiger partial charge in [0.1, 0.15) is 5.01 Å². The van der Waals surface area contributed by atoms with E-state index in [0.29, 0.717) is 31.6 Å². The van der Waals surface area contributed by atoms with Crippen molar-refractivity contribution in [3.8, 4) is 0 Å². The number of hydrogen-bond donors (Lipinski definition) is 2. The fourth-order valence-corrected chi connectivity index (χ4v) is 3.97. The van der Waals surface area contributed by atoms with E-state index in [-0.39, 0.29) is 11.8 Å². The highest BCUT2D eigenvalue weighted by atomic mass is 32.1. The standard InChI is InChI=1S/C17H26N4O2S/c1-12(22)19-9-15-5-4-14(21(15)11-13-2-3-13)8-16(23)20-10-17-18-6-7-24-17/h6-7,13-15H,2-5,8-11H2,1H3,(H,19,22)(H,20,23)/t14-,15+/m0/s1. The lowest BCUT2D eigenvalue weighted by Gasteiger charge is -2.30. The minimum absolute atomic E-state index is 0.0195. The van der Waals surface area contributed by atoms with Crippen LogP contribution in [-0.2, 0) is 16.1 Å². The molecular weight excluding hydrogens is 324 g/mol. The number of likely N-dealkylation sites (tertiary alicyclic amines) is 1. The summed E-state index contributed by atoms with van der Waals surface area (Å²) in [5, 5.41) is 8.78. The molecule has 1 aliphatic heterocycles. The summed E-state index contributed by atoms with van der Waals surface area (Å²) in [5.41, 5.74) is 0. The molecule has 1 aliphatic carbocycles. The number of nitrogens with zero attached hydrogens (tertiary/aromatic N) is 2. The van der Waals surface area contributed by atoms with E-state index in [1.165, 1.54) is 12.8 Å². The fraction of sp³-hybridized carbons (Fsp3) is 0.706. The number of nitrogens with one attached hydrogen (secondary N) is 2. The van der Waals surface area contributed by atoms with E-state index in [9.17, 15) is 9.59 Å². The molecule has 0 aromatic carbocycles. The van der Waals surface area contributed by atoms with Crippen LogP contribution in [0.5, 0.6) is 0 Å². The summed E-state index contributed by atoms with van der Waals surface area (Å²) in [7, 11) is 0. The van der Waals surface area contributed by atoms with Gasteiger partial charge in [-0.05, 0) is 31.6 Å². The molecule has 0 bridgehead atoms. The van der Waals surface area contributed by atoms with E-state index < -0.39 is 0 Å². The number of aromatic nitrogens is 1. The van der Waals surface area contributed by atoms with Gasteiger partial charge in [0, 0.05) is 50.1 Å². The summed E-state index contributed by atoms with van der Waals surface area (Å²) >= 11 is 1.56. The third-order valence-corrected chi connectivity index (χ3v) is 5.64. The smallest absolute Gasteiger partial charge is 0.221 e. The number of hydrogen-bond acceptors (Lipinski definition) is 5. The molecule has 0 unspecified atom stereocenters. The summed E-state index contributed by atoms with van der Waals surface area (Å²) in [6, 6.07) is 0.659. The highest BCUT2D eigenvalue weighted by molar-refractivity contribution is 7.09. The van der Waals surface area contributed by atoms with Crippen molar-refractivity contribution in [1.82, 2.24) is 20.5 Å². The molecule has 2 atom stereocenters. The number of carbonyl (C=O) groups excluding carboxylic acids is 2. The van der Waals surface area contributed by atoms with E-state index in [0.717, 1.165) is 30.3 Å². The van der Waals surface area contributed by atoms with E-state index in [4.69, 9.17) is 0 Å². The van der Waals surface area contributed by atoms with Crippen LogP contribution in [0.2, 0.25) is 0 Å². The first-order valence-corrected chi connectivity index (χ1v) is 9.65. The number of thiazole rings is 1. The van der Waals surface area contributed by atoms with Gasteiger partial charge in [-0.2, -0.15) is 0 Å². The minimum atomic E-state index is 0.0195. The summed E-state index contributed by atoms with van der Waals surface area (Å²) in [4.78, 5) is 30.1. The van der Waals surface area contributed by atoms with E-state index in [1.807, 2.05) is 5.38 Å². The summed E-state index contributed by atoms with van der Waals surface area (Å²) in [6.45, 7) is 3.83. The van der Waals surface area contributed by atoms with Crippen LogP contribution in [0, 0.1) is 5.92 Å². The third-order valence-electron chi connectivity index (χ3n) is 4.86. The van der Waals surface area contributed by atoms with Gasteiger partial charge in [-0.3, -0.25) is 14.5 Å². The molecule has 2 N–H and O–H groups in total. The summed E-state index contributed by atoms with van der Waals surface area (Å²) in [6.07, 6.45) is 6.97. The van der Waals surface area contributed by atoms with Crippen LogP contribution in [-0.4, -0.2) is 46.9 Å². The molecule has 1 aromatic heterocycles. The second kappa shape index (κ2) is 8.07. The topological polar surface area (TPSA) is 74.3 Å². The van der Waals surface area contributed by atoms with Crippen molar-refractivity contribution in [2.75, 3.05) is 13.1 Å². The van der Waals surface area contributed by atoms with Gasteiger partial charge in [-0.1, -0.05) is 0 Å². The largest absolute Gasteiger partial charge is 0.355 e. The van der Waals surface area contributed by atoms with Gasteiger partial charge in [-0.15, -0.1) is 11.3 Å². The Balaban J connectivity index is 1.50. The monoisotopic (exact) mass is 350 g/mol. The molecule has 3 rings (SSSR count). The van der Waals surface area contributed by atoms with Crippen LogP contribution in [0.4, 0.5) is 0 Å². The average Bonchev–Trinajstić information content (AvgIpc) is 3.06. The molecule has 2 fully saturated rings. The van der Waals surface area contributed by atoms with E-state index in [2.05, 4.69) is 20.5 Å². The first kappa shape index (κ1) is 17.4. The Morgan fingerprint density at radius 2 is 2.04 bits per heavy atom. The Morgan fingerprint density at radius 3 is 2.71 bits per heavy atom. The summed E-state index contributed by atoms with van der Waals surface area (Å²) in [5.74, 6) is 0.894. The molecule has 2 heterocycles. The second-order valence-electron chi connectivity index (χ2n) is 6.87. The normalized spacial score (nSPS) is 24.0. The number of amides is 2. The van der Waals surface area contributed by atoms with Gasteiger partial charge in [0.05, 0.1) is 6.54 Å². The van der Waals surface area contributed by atoms with Crippen molar-refractivity contribution >= 4 is 23.2 Å². The second-order valence-corrected chi connectivity index (χ2v) is 7.85. The molecular formula is C17H26N4O2S. The van der Waals surface area contributed by atoms with E-state index in [1.54, 1.807) is 24.5 Å². The molecule has 0 spiro atoms. The van der Waals surface area contributed by atoms with Crippen molar-refractivity contribution in [3.05, 3.63) is 16.6 Å². The van der Waals surface area contributed by atoms with Crippen LogP contribution in [0.3, 0.4) is 0 Å². The van der Waals surface area contributed by atoms with Gasteiger partial charge in [0.15, 0.2) is 0 Å². The maximum Gasteiger partial charge on any atom is 0.221 e. The zero-order valence-corrected chi connectivity index (χ0v) is 15.0. The highest BCUT2D eigenvalue weighted by Gasteiger charge is 2.37. The maximum absolute atomic E-state index is 12.3. The Morgan fingerprint density at radius 1 is 1.25 bits per heavy atom. The lowest BCUT2D eigenvalue weighted by molar-refractivity contribution is -0.122. The van der Waals surface area contributed by atoms with Gasteiger partial charge in [-0.25, -0.2) is 4.98 Å². The van der Waals surface area contributed by atoms with Crippen molar-refractivity contribution in [2.45, 2.75) is 57.7 Å². The zero-order valence-electron chi connectivity index (χ0n) is 14.2. The van der Waals surface area contributed by atoms with Crippen LogP contribution in [0.25, 0.3) is 0 Å². The molecule has 7 heteroatoms. The minimum Gasteiger partial charge on any atom is -0.355 e. The van der Waals surface area contributed by atoms with Gasteiger partial charge >= 0.3 is 0 Å². The quantitative estimate of drug-likeness (QED) is 0.746. The van der Waals surface area contributed by atoms with Crippen molar-refractivity contribution in [1.29, 1.82) is 0 Å². The molecule has 132 valence electrons. The molecule has 0 radical (unpaired) electrons. The Hall–Kier alpha value is -1.47. The van der Waals surface area contributed by atoms with Crippen LogP contribution >= 0.6 is 11.3 Å². The Bertz CT molecular complexity index is 559. The number of rotatable bonds is 8. The van der Waals surface area contributed by atoms with Crippen molar-refractivity contribution < 1.29 is 9.59 Å². The lowest BCUT2D eigenvalue weighted by Crippen LogP contribution is -2.45. The number of carbonyl (C=O) groups is 2. The van der Waals surface area contributed by atoms with Crippen molar-refractivity contribution in [3.63, 3.8) is 0 Å². The SMILES string of the molecule is CC(=O)NC[C@H]1CC[C@@H](CC(=O)NCc2nccs2)N1CC1CC1. The molecule has 1 saturated heterocycles. The van der Waals surface area contributed by atoms with Crippen LogP contribution in [0.1, 0.15) is 44.0 Å². The first-order valence-electron chi connectivity index (χ1n) is 8.77. The molecule has 24 heavy (non-hydrogen) atoms. The zero-order chi connectivity index (χ0) is 16.9. The average molecular weight is 350 g/mol. The maximum atomic E-state index is 12.3. The molecule has 1 aromatic rings. The molecule has 6 nitrogen and oxygen atoms in total. The fourth-order valence-electron chi connectivity index (χ4n) is 3.41. The lowest BCUT2D eigenvalue weighted by atomic mass is 10.1. The highest BCUT2D eigenvalue weighted by Crippen LogP contribution is 2.35. The van der Waals surface area contributed by atoms with Gasteiger partial charge in [0.2, 0.25) is 11.8 Å². The summed E-state index contributed by atoms with van der Waals surface area (Å²) < 4.78 is 0. The van der Waals surface area contributed by atoms with Crippen LogP contribution < -0.4 is 10.6 Å². The first-order chi connectivity index (χ1) is 11.6.